The molecule has 6 rings (SSSR count). The predicted octanol–water partition coefficient (Wildman–Crippen LogP) is 6.68. The Morgan fingerprint density at radius 1 is 0.973 bits per heavy atom. The number of para-hydroxylation sites is 1. The van der Waals surface area contributed by atoms with E-state index in [1.54, 1.807) is 6.20 Å². The fourth-order valence-electron chi connectivity index (χ4n) is 5.09. The molecule has 3 aromatic carbocycles. The van der Waals surface area contributed by atoms with Crippen LogP contribution in [0.5, 0.6) is 11.5 Å². The molecule has 1 fully saturated rings. The van der Waals surface area contributed by atoms with E-state index in [0.29, 0.717) is 17.9 Å². The summed E-state index contributed by atoms with van der Waals surface area (Å²) in [6, 6.07) is 18.7. The predicted molar refractivity (Wildman–Crippen MR) is 132 cm³/mol. The van der Waals surface area contributed by atoms with Crippen LogP contribution in [0.25, 0.3) is 22.0 Å². The second-order valence-electron chi connectivity index (χ2n) is 9.51. The van der Waals surface area contributed by atoms with Gasteiger partial charge in [-0.1, -0.05) is 30.3 Å². The maximum atomic E-state index is 13.4. The smallest absolute Gasteiger partial charge is 0.416 e. The summed E-state index contributed by atoms with van der Waals surface area (Å²) in [7, 11) is 0. The lowest BCUT2D eigenvalue weighted by molar-refractivity contribution is -0.137. The first-order valence-corrected chi connectivity index (χ1v) is 12.2. The van der Waals surface area contributed by atoms with E-state index in [0.717, 1.165) is 59.4 Å². The summed E-state index contributed by atoms with van der Waals surface area (Å²) < 4.78 is 65.1. The fourth-order valence-corrected chi connectivity index (χ4v) is 5.09. The van der Waals surface area contributed by atoms with E-state index in [4.69, 9.17) is 9.47 Å². The van der Waals surface area contributed by atoms with Gasteiger partial charge in [-0.05, 0) is 42.0 Å². The second-order valence-corrected chi connectivity index (χ2v) is 9.51. The molecule has 0 radical (unpaired) electrons. The van der Waals surface area contributed by atoms with Crippen LogP contribution in [0.1, 0.15) is 22.8 Å². The maximum Gasteiger partial charge on any atom is 0.416 e. The van der Waals surface area contributed by atoms with E-state index in [1.165, 1.54) is 6.07 Å². The lowest BCUT2D eigenvalue weighted by Crippen LogP contribution is -2.49. The van der Waals surface area contributed by atoms with Gasteiger partial charge in [0.05, 0.1) is 17.8 Å². The first-order chi connectivity index (χ1) is 17.9. The van der Waals surface area contributed by atoms with E-state index >= 15 is 0 Å². The Kier molecular flexibility index (Phi) is 5.99. The highest BCUT2D eigenvalue weighted by molar-refractivity contribution is 5.91. The molecule has 0 amide bonds. The highest BCUT2D eigenvalue weighted by atomic mass is 19.4. The molecule has 1 aromatic heterocycles. The first kappa shape index (κ1) is 23.7. The molecule has 1 saturated heterocycles. The van der Waals surface area contributed by atoms with Crippen molar-refractivity contribution in [2.75, 3.05) is 32.9 Å². The summed E-state index contributed by atoms with van der Waals surface area (Å²) in [6.45, 7) is 2.47. The zero-order valence-electron chi connectivity index (χ0n) is 19.8. The molecular weight excluding hydrogens is 484 g/mol. The number of pyridine rings is 1. The third-order valence-corrected chi connectivity index (χ3v) is 7.03. The minimum Gasteiger partial charge on any atom is -0.492 e. The SMILES string of the molecule is FCC1CN(CCOc2ccc(C3Oc4cc(C(F)(F)F)ccc4-c4cnc5ccccc5c43)cc2)C1. The molecule has 0 saturated carbocycles. The number of halogens is 4. The van der Waals surface area contributed by atoms with Gasteiger partial charge in [0.25, 0.3) is 0 Å². The molecule has 3 heterocycles. The van der Waals surface area contributed by atoms with Gasteiger partial charge in [-0.3, -0.25) is 14.3 Å². The van der Waals surface area contributed by atoms with Crippen molar-refractivity contribution in [3.05, 3.63) is 89.6 Å². The zero-order valence-corrected chi connectivity index (χ0v) is 19.8. The van der Waals surface area contributed by atoms with Crippen molar-refractivity contribution in [3.63, 3.8) is 0 Å². The quantitative estimate of drug-likeness (QED) is 0.272. The average Bonchev–Trinajstić information content (AvgIpc) is 2.88. The van der Waals surface area contributed by atoms with Crippen molar-refractivity contribution in [2.45, 2.75) is 12.3 Å². The molecule has 4 aromatic rings. The van der Waals surface area contributed by atoms with Crippen molar-refractivity contribution in [1.29, 1.82) is 0 Å². The molecule has 37 heavy (non-hydrogen) atoms. The molecule has 1 unspecified atom stereocenters. The van der Waals surface area contributed by atoms with Crippen molar-refractivity contribution in [3.8, 4) is 22.6 Å². The van der Waals surface area contributed by atoms with Crippen LogP contribution in [0.15, 0.2) is 72.9 Å². The highest BCUT2D eigenvalue weighted by Gasteiger charge is 2.35. The highest BCUT2D eigenvalue weighted by Crippen LogP contribution is 2.48. The first-order valence-electron chi connectivity index (χ1n) is 12.2. The summed E-state index contributed by atoms with van der Waals surface area (Å²) in [6.07, 6.45) is -3.39. The summed E-state index contributed by atoms with van der Waals surface area (Å²) in [5.41, 5.74) is 3.02. The van der Waals surface area contributed by atoms with Gasteiger partial charge in [0, 0.05) is 53.8 Å². The van der Waals surface area contributed by atoms with Crippen molar-refractivity contribution in [2.24, 2.45) is 5.92 Å². The van der Waals surface area contributed by atoms with Gasteiger partial charge < -0.3 is 9.47 Å². The number of hydrogen-bond donors (Lipinski definition) is 0. The number of nitrogens with zero attached hydrogens (tertiary/aromatic N) is 2. The normalized spacial score (nSPS) is 17.6. The van der Waals surface area contributed by atoms with Crippen LogP contribution < -0.4 is 9.47 Å². The van der Waals surface area contributed by atoms with Crippen LogP contribution >= 0.6 is 0 Å². The molecule has 8 heteroatoms. The Morgan fingerprint density at radius 2 is 1.76 bits per heavy atom. The van der Waals surface area contributed by atoms with E-state index in [9.17, 15) is 17.6 Å². The van der Waals surface area contributed by atoms with Crippen LogP contribution in [0.2, 0.25) is 0 Å². The van der Waals surface area contributed by atoms with Gasteiger partial charge >= 0.3 is 6.18 Å². The lowest BCUT2D eigenvalue weighted by Gasteiger charge is -2.37. The molecule has 0 spiro atoms. The second kappa shape index (κ2) is 9.34. The number of hydrogen-bond acceptors (Lipinski definition) is 4. The van der Waals surface area contributed by atoms with E-state index in [1.807, 2.05) is 48.5 Å². The molecule has 4 nitrogen and oxygen atoms in total. The third kappa shape index (κ3) is 4.50. The summed E-state index contributed by atoms with van der Waals surface area (Å²) in [5.74, 6) is 0.994. The van der Waals surface area contributed by atoms with Crippen molar-refractivity contribution >= 4 is 10.9 Å². The largest absolute Gasteiger partial charge is 0.492 e. The standard InChI is InChI=1S/C29H24F4N2O2/c30-14-18-16-35(17-18)11-12-36-21-8-5-19(6-9-21)28-27-23-3-1-2-4-25(23)34-15-24(27)22-10-7-20(29(31,32)33)13-26(22)37-28/h1-10,13,15,18,28H,11-12,14,16-17H2. The van der Waals surface area contributed by atoms with E-state index in [-0.39, 0.29) is 18.3 Å². The van der Waals surface area contributed by atoms with Crippen LogP contribution in [0, 0.1) is 5.92 Å². The minimum atomic E-state index is -4.47. The number of ether oxygens (including phenoxy) is 2. The van der Waals surface area contributed by atoms with Crippen LogP contribution in [-0.4, -0.2) is 42.8 Å². The molecule has 0 N–H and O–H groups in total. The Morgan fingerprint density at radius 3 is 2.51 bits per heavy atom. The summed E-state index contributed by atoms with van der Waals surface area (Å²) in [4.78, 5) is 6.70. The Bertz CT molecular complexity index is 1430. The lowest BCUT2D eigenvalue weighted by atomic mass is 9.87. The van der Waals surface area contributed by atoms with Crippen LogP contribution in [-0.2, 0) is 6.18 Å². The molecule has 190 valence electrons. The van der Waals surface area contributed by atoms with E-state index in [2.05, 4.69) is 9.88 Å². The van der Waals surface area contributed by atoms with E-state index < -0.39 is 17.8 Å². The van der Waals surface area contributed by atoms with Gasteiger partial charge in [0.2, 0.25) is 0 Å². The molecule has 1 atom stereocenters. The molecule has 2 aliphatic heterocycles. The van der Waals surface area contributed by atoms with Crippen molar-refractivity contribution in [1.82, 2.24) is 9.88 Å². The average molecular weight is 509 g/mol. The number of alkyl halides is 4. The maximum absolute atomic E-state index is 13.4. The van der Waals surface area contributed by atoms with Gasteiger partial charge in [0.1, 0.15) is 18.1 Å². The number of likely N-dealkylation sites (tertiary alicyclic amines) is 1. The third-order valence-electron chi connectivity index (χ3n) is 7.03. The van der Waals surface area contributed by atoms with Crippen molar-refractivity contribution < 1.29 is 27.0 Å². The summed E-state index contributed by atoms with van der Waals surface area (Å²) >= 11 is 0. The molecule has 0 bridgehead atoms. The Labute approximate surface area is 211 Å². The Balaban J connectivity index is 1.31. The number of aromatic nitrogens is 1. The molecule has 2 aliphatic rings. The summed E-state index contributed by atoms with van der Waals surface area (Å²) in [5, 5.41) is 0.886. The zero-order chi connectivity index (χ0) is 25.6. The van der Waals surface area contributed by atoms with Crippen LogP contribution in [0.3, 0.4) is 0 Å². The van der Waals surface area contributed by atoms with Gasteiger partial charge in [-0.15, -0.1) is 0 Å². The number of rotatable bonds is 6. The van der Waals surface area contributed by atoms with Gasteiger partial charge in [-0.25, -0.2) is 0 Å². The van der Waals surface area contributed by atoms with Gasteiger partial charge in [-0.2, -0.15) is 13.2 Å². The number of fused-ring (bicyclic) bond motifs is 5. The topological polar surface area (TPSA) is 34.6 Å². The number of benzene rings is 3. The van der Waals surface area contributed by atoms with Crippen LogP contribution in [0.4, 0.5) is 17.6 Å². The Hall–Kier alpha value is -3.65. The molecule has 0 aliphatic carbocycles. The monoisotopic (exact) mass is 508 g/mol. The van der Waals surface area contributed by atoms with Gasteiger partial charge in [0.15, 0.2) is 6.10 Å². The minimum absolute atomic E-state index is 0.140. The molecular formula is C29H24F4N2O2. The fraction of sp³-hybridized carbons (Fsp3) is 0.276.